The SMILES string of the molecule is O=C(CC12CC3CC(CC(C3)C1)C2)Nc1cccc(S(=O)(=O)N2CCOCC2)c1. The summed E-state index contributed by atoms with van der Waals surface area (Å²) in [4.78, 5) is 13.1. The van der Waals surface area contributed by atoms with Crippen LogP contribution in [0.1, 0.15) is 44.9 Å². The Hall–Kier alpha value is -1.44. The lowest BCUT2D eigenvalue weighted by atomic mass is 9.49. The number of carbonyl (C=O) groups excluding carboxylic acids is 1. The van der Waals surface area contributed by atoms with E-state index in [9.17, 15) is 13.2 Å². The fraction of sp³-hybridized carbons (Fsp3) is 0.682. The second kappa shape index (κ2) is 7.36. The lowest BCUT2D eigenvalue weighted by molar-refractivity contribution is -0.124. The number of ether oxygens (including phenoxy) is 1. The molecule has 4 aliphatic carbocycles. The van der Waals surface area contributed by atoms with Gasteiger partial charge in [-0.3, -0.25) is 4.79 Å². The van der Waals surface area contributed by atoms with Crippen LogP contribution in [0.4, 0.5) is 5.69 Å². The van der Waals surface area contributed by atoms with Gasteiger partial charge in [-0.1, -0.05) is 6.07 Å². The molecular weight excluding hydrogens is 388 g/mol. The van der Waals surface area contributed by atoms with E-state index in [-0.39, 0.29) is 16.2 Å². The van der Waals surface area contributed by atoms with Crippen molar-refractivity contribution in [1.29, 1.82) is 0 Å². The van der Waals surface area contributed by atoms with Crippen LogP contribution in [0.5, 0.6) is 0 Å². The Morgan fingerprint density at radius 2 is 1.69 bits per heavy atom. The van der Waals surface area contributed by atoms with Gasteiger partial charge in [0.2, 0.25) is 15.9 Å². The van der Waals surface area contributed by atoms with E-state index in [1.165, 1.54) is 42.8 Å². The standard InChI is InChI=1S/C22H30N2O4S/c25-21(15-22-12-16-8-17(13-22)10-18(9-16)14-22)23-19-2-1-3-20(11-19)29(26,27)24-4-6-28-7-5-24/h1-3,11,16-18H,4-10,12-15H2,(H,23,25). The molecule has 29 heavy (non-hydrogen) atoms. The minimum absolute atomic E-state index is 0.0212. The first-order valence-electron chi connectivity index (χ1n) is 10.9. The number of morpholine rings is 1. The molecule has 1 N–H and O–H groups in total. The smallest absolute Gasteiger partial charge is 0.243 e. The number of nitrogens with zero attached hydrogens (tertiary/aromatic N) is 1. The molecule has 0 radical (unpaired) electrons. The summed E-state index contributed by atoms with van der Waals surface area (Å²) < 4.78 is 32.5. The van der Waals surface area contributed by atoms with Crippen molar-refractivity contribution in [1.82, 2.24) is 4.31 Å². The maximum absolute atomic E-state index is 12.9. The van der Waals surface area contributed by atoms with Gasteiger partial charge in [0.15, 0.2) is 0 Å². The zero-order chi connectivity index (χ0) is 20.1. The molecular formula is C22H30N2O4S. The summed E-state index contributed by atoms with van der Waals surface area (Å²) in [7, 11) is -3.56. The van der Waals surface area contributed by atoms with Crippen molar-refractivity contribution in [2.75, 3.05) is 31.6 Å². The molecule has 158 valence electrons. The highest BCUT2D eigenvalue weighted by atomic mass is 32.2. The van der Waals surface area contributed by atoms with Crippen LogP contribution in [-0.4, -0.2) is 44.9 Å². The van der Waals surface area contributed by atoms with Gasteiger partial charge < -0.3 is 10.1 Å². The molecule has 4 bridgehead atoms. The molecule has 0 unspecified atom stereocenters. The highest BCUT2D eigenvalue weighted by Crippen LogP contribution is 2.61. The summed E-state index contributed by atoms with van der Waals surface area (Å²) in [6, 6.07) is 6.66. The summed E-state index contributed by atoms with van der Waals surface area (Å²) in [5, 5.41) is 2.99. The van der Waals surface area contributed by atoms with E-state index in [1.54, 1.807) is 24.3 Å². The number of anilines is 1. The third kappa shape index (κ3) is 3.84. The fourth-order valence-electron chi connectivity index (χ4n) is 6.72. The first-order valence-corrected chi connectivity index (χ1v) is 12.3. The molecule has 1 aromatic carbocycles. The van der Waals surface area contributed by atoms with Crippen molar-refractivity contribution in [3.05, 3.63) is 24.3 Å². The van der Waals surface area contributed by atoms with E-state index in [4.69, 9.17) is 4.74 Å². The Balaban J connectivity index is 1.27. The molecule has 5 fully saturated rings. The number of carbonyl (C=O) groups is 1. The van der Waals surface area contributed by atoms with Crippen LogP contribution in [0.2, 0.25) is 0 Å². The predicted molar refractivity (Wildman–Crippen MR) is 110 cm³/mol. The Kier molecular flexibility index (Phi) is 4.95. The molecule has 5 aliphatic rings. The van der Waals surface area contributed by atoms with E-state index >= 15 is 0 Å². The van der Waals surface area contributed by atoms with Crippen LogP contribution in [-0.2, 0) is 19.6 Å². The van der Waals surface area contributed by atoms with Gasteiger partial charge >= 0.3 is 0 Å². The third-order valence-corrected chi connectivity index (χ3v) is 9.32. The lowest BCUT2D eigenvalue weighted by Gasteiger charge is -2.56. The Morgan fingerprint density at radius 1 is 1.07 bits per heavy atom. The second-order valence-corrected chi connectivity index (χ2v) is 11.6. The minimum atomic E-state index is -3.56. The van der Waals surface area contributed by atoms with Crippen molar-refractivity contribution < 1.29 is 17.9 Å². The van der Waals surface area contributed by atoms with Crippen molar-refractivity contribution in [3.63, 3.8) is 0 Å². The van der Waals surface area contributed by atoms with E-state index in [1.807, 2.05) is 0 Å². The summed E-state index contributed by atoms with van der Waals surface area (Å²) in [5.74, 6) is 2.47. The van der Waals surface area contributed by atoms with Crippen molar-refractivity contribution in [2.45, 2.75) is 49.8 Å². The van der Waals surface area contributed by atoms with Crippen LogP contribution in [0.25, 0.3) is 0 Å². The Labute approximate surface area is 173 Å². The monoisotopic (exact) mass is 418 g/mol. The van der Waals surface area contributed by atoms with Crippen LogP contribution >= 0.6 is 0 Å². The second-order valence-electron chi connectivity index (χ2n) is 9.69. The molecule has 0 spiro atoms. The summed E-state index contributed by atoms with van der Waals surface area (Å²) in [5.41, 5.74) is 0.741. The van der Waals surface area contributed by atoms with Gasteiger partial charge in [-0.05, 0) is 79.9 Å². The number of nitrogens with one attached hydrogen (secondary N) is 1. The van der Waals surface area contributed by atoms with Gasteiger partial charge in [0.25, 0.3) is 0 Å². The number of hydrogen-bond acceptors (Lipinski definition) is 4. The molecule has 6 rings (SSSR count). The van der Waals surface area contributed by atoms with E-state index in [0.717, 1.165) is 17.8 Å². The minimum Gasteiger partial charge on any atom is -0.379 e. The van der Waals surface area contributed by atoms with Gasteiger partial charge in [-0.25, -0.2) is 8.42 Å². The number of rotatable bonds is 5. The highest BCUT2D eigenvalue weighted by Gasteiger charge is 2.51. The van der Waals surface area contributed by atoms with Crippen LogP contribution in [0.3, 0.4) is 0 Å². The summed E-state index contributed by atoms with van der Waals surface area (Å²) in [6.45, 7) is 1.57. The summed E-state index contributed by atoms with van der Waals surface area (Å²) >= 11 is 0. The fourth-order valence-corrected chi connectivity index (χ4v) is 8.18. The number of hydrogen-bond donors (Lipinski definition) is 1. The molecule has 4 saturated carbocycles. The van der Waals surface area contributed by atoms with Gasteiger partial charge in [0, 0.05) is 25.2 Å². The van der Waals surface area contributed by atoms with Crippen molar-refractivity contribution in [2.24, 2.45) is 23.2 Å². The number of amides is 1. The quantitative estimate of drug-likeness (QED) is 0.796. The number of benzene rings is 1. The van der Waals surface area contributed by atoms with Crippen LogP contribution < -0.4 is 5.32 Å². The lowest BCUT2D eigenvalue weighted by Crippen LogP contribution is -2.47. The number of sulfonamides is 1. The molecule has 0 atom stereocenters. The predicted octanol–water partition coefficient (Wildman–Crippen LogP) is 3.25. The van der Waals surface area contributed by atoms with Crippen molar-refractivity contribution >= 4 is 21.6 Å². The largest absolute Gasteiger partial charge is 0.379 e. The average molecular weight is 419 g/mol. The average Bonchev–Trinajstić information content (AvgIpc) is 2.67. The molecule has 1 aromatic rings. The molecule has 0 aromatic heterocycles. The third-order valence-electron chi connectivity index (χ3n) is 7.43. The molecule has 6 nitrogen and oxygen atoms in total. The molecule has 1 heterocycles. The first-order chi connectivity index (χ1) is 13.9. The molecule has 7 heteroatoms. The van der Waals surface area contributed by atoms with Crippen molar-refractivity contribution in [3.8, 4) is 0 Å². The van der Waals surface area contributed by atoms with Gasteiger partial charge in [0.05, 0.1) is 18.1 Å². The Morgan fingerprint density at radius 3 is 2.31 bits per heavy atom. The van der Waals surface area contributed by atoms with Crippen LogP contribution in [0, 0.1) is 23.2 Å². The van der Waals surface area contributed by atoms with Gasteiger partial charge in [-0.2, -0.15) is 4.31 Å². The van der Waals surface area contributed by atoms with Crippen LogP contribution in [0.15, 0.2) is 29.2 Å². The van der Waals surface area contributed by atoms with E-state index in [2.05, 4.69) is 5.32 Å². The molecule has 1 amide bonds. The Bertz CT molecular complexity index is 857. The maximum Gasteiger partial charge on any atom is 0.243 e. The zero-order valence-electron chi connectivity index (χ0n) is 16.8. The maximum atomic E-state index is 12.9. The van der Waals surface area contributed by atoms with Gasteiger partial charge in [-0.15, -0.1) is 0 Å². The normalized spacial score (nSPS) is 34.3. The van der Waals surface area contributed by atoms with Gasteiger partial charge in [0.1, 0.15) is 0 Å². The molecule has 1 aliphatic heterocycles. The molecule has 1 saturated heterocycles. The highest BCUT2D eigenvalue weighted by molar-refractivity contribution is 7.89. The summed E-state index contributed by atoms with van der Waals surface area (Å²) in [6.07, 6.45) is 8.23. The van der Waals surface area contributed by atoms with E-state index in [0.29, 0.717) is 38.4 Å². The zero-order valence-corrected chi connectivity index (χ0v) is 17.6. The van der Waals surface area contributed by atoms with E-state index < -0.39 is 10.0 Å². The first kappa shape index (κ1) is 19.5. The topological polar surface area (TPSA) is 75.7 Å².